The van der Waals surface area contributed by atoms with Crippen molar-refractivity contribution in [3.63, 3.8) is 0 Å². The number of aliphatic hydroxyl groups excluding tert-OH is 4. The number of ether oxygens (including phenoxy) is 3. The lowest BCUT2D eigenvalue weighted by atomic mass is 9.93. The summed E-state index contributed by atoms with van der Waals surface area (Å²) < 4.78 is 20.3. The molecule has 0 saturated carbocycles. The quantitative estimate of drug-likeness (QED) is 0.118. The van der Waals surface area contributed by atoms with Gasteiger partial charge in [0.2, 0.25) is 0 Å². The van der Waals surface area contributed by atoms with Crippen LogP contribution in [0.3, 0.4) is 0 Å². The lowest BCUT2D eigenvalue weighted by molar-refractivity contribution is -0.0930. The van der Waals surface area contributed by atoms with Gasteiger partial charge in [-0.05, 0) is 36.4 Å². The first-order valence-corrected chi connectivity index (χ1v) is 16.5. The molecule has 2 unspecified atom stereocenters. The summed E-state index contributed by atoms with van der Waals surface area (Å²) in [5.74, 6) is 4.78. The molecule has 262 valence electrons. The van der Waals surface area contributed by atoms with E-state index in [1.807, 2.05) is 37.3 Å². The number of aromatic amines is 2. The fourth-order valence-corrected chi connectivity index (χ4v) is 5.59. The molecule has 4 heterocycles. The number of aromatic nitrogens is 4. The smallest absolute Gasteiger partial charge is 0.392 e. The number of hydrogen-bond acceptors (Lipinski definition) is 11. The van der Waals surface area contributed by atoms with Gasteiger partial charge in [-0.15, -0.1) is 12.8 Å². The van der Waals surface area contributed by atoms with Gasteiger partial charge in [0.25, 0.3) is 11.1 Å². The molecule has 1 aromatic carbocycles. The third-order valence-electron chi connectivity index (χ3n) is 7.59. The molecule has 0 bridgehead atoms. The second-order valence-electron chi connectivity index (χ2n) is 10.5. The molecule has 19 heteroatoms. The molecule has 0 radical (unpaired) electrons. The van der Waals surface area contributed by atoms with Gasteiger partial charge >= 0.3 is 4.96 Å². The van der Waals surface area contributed by atoms with Crippen LogP contribution in [0, 0.1) is 34.2 Å². The number of halogens is 3. The number of H-pyrrole nitrogens is 2. The Balaban J connectivity index is 0.000000249. The van der Waals surface area contributed by atoms with E-state index in [9.17, 15) is 30.0 Å². The molecule has 2 aliphatic heterocycles. The predicted octanol–water partition coefficient (Wildman–Crippen LogP) is 2.37. The Morgan fingerprint density at radius 1 is 0.898 bits per heavy atom. The maximum absolute atomic E-state index is 11.4. The maximum atomic E-state index is 11.4. The summed E-state index contributed by atoms with van der Waals surface area (Å²) in [6.07, 6.45) is 7.63. The maximum Gasteiger partial charge on any atom is 0.450 e. The normalized spacial score (nSPS) is 28.6. The predicted molar refractivity (Wildman–Crippen MR) is 189 cm³/mol. The molecule has 13 nitrogen and oxygen atoms in total. The van der Waals surface area contributed by atoms with Crippen molar-refractivity contribution < 1.29 is 34.6 Å². The number of nitrogens with zero attached hydrogens (tertiary/aromatic N) is 2. The van der Waals surface area contributed by atoms with Crippen molar-refractivity contribution in [2.24, 2.45) is 0 Å². The van der Waals surface area contributed by atoms with E-state index < -0.39 is 65.2 Å². The summed E-state index contributed by atoms with van der Waals surface area (Å²) >= 11 is 24.5. The van der Waals surface area contributed by atoms with Gasteiger partial charge in [0.1, 0.15) is 24.4 Å². The summed E-state index contributed by atoms with van der Waals surface area (Å²) in [5.41, 5.74) is -2.56. The minimum absolute atomic E-state index is 0.00881. The zero-order valence-electron chi connectivity index (χ0n) is 25.7. The molecule has 0 aliphatic carbocycles. The topological polar surface area (TPSA) is 184 Å². The Labute approximate surface area is 306 Å². The average Bonchev–Trinajstić information content (AvgIpc) is 3.50. The van der Waals surface area contributed by atoms with Crippen LogP contribution >= 0.6 is 58.8 Å². The Morgan fingerprint density at radius 2 is 1.37 bits per heavy atom. The molecule has 5 rings (SSSR count). The van der Waals surface area contributed by atoms with Crippen LogP contribution in [0.15, 0.2) is 64.4 Å². The van der Waals surface area contributed by atoms with E-state index in [0.717, 1.165) is 5.56 Å². The third-order valence-corrected chi connectivity index (χ3v) is 8.22. The number of terminal acetylenes is 2. The fraction of sp³-hybridized carbons (Fsp3) is 0.400. The lowest BCUT2D eigenvalue weighted by Crippen LogP contribution is -2.44. The van der Waals surface area contributed by atoms with Crippen molar-refractivity contribution in [2.45, 2.75) is 68.0 Å². The van der Waals surface area contributed by atoms with Gasteiger partial charge in [-0.3, -0.25) is 28.7 Å². The second-order valence-corrected chi connectivity index (χ2v) is 13.3. The van der Waals surface area contributed by atoms with Gasteiger partial charge in [-0.25, -0.2) is 0 Å². The van der Waals surface area contributed by atoms with E-state index in [1.165, 1.54) is 33.7 Å². The number of rotatable bonds is 7. The van der Waals surface area contributed by atoms with Crippen molar-refractivity contribution in [1.29, 1.82) is 0 Å². The molecule has 8 atom stereocenters. The molecular weight excluding hydrogens is 742 g/mol. The van der Waals surface area contributed by atoms with Crippen molar-refractivity contribution in [2.75, 3.05) is 6.61 Å². The van der Waals surface area contributed by atoms with Gasteiger partial charge in [0, 0.05) is 24.5 Å². The zero-order valence-corrected chi connectivity index (χ0v) is 29.6. The Hall–Kier alpha value is -2.81. The van der Waals surface area contributed by atoms with Crippen LogP contribution in [0.1, 0.15) is 31.4 Å². The van der Waals surface area contributed by atoms with E-state index in [0.29, 0.717) is 13.0 Å². The highest BCUT2D eigenvalue weighted by atomic mass is 35.6. The minimum Gasteiger partial charge on any atom is -0.392 e. The summed E-state index contributed by atoms with van der Waals surface area (Å²) in [5, 5.41) is 40.0. The first-order chi connectivity index (χ1) is 23.2. The lowest BCUT2D eigenvalue weighted by Gasteiger charge is -2.28. The summed E-state index contributed by atoms with van der Waals surface area (Å²) in [4.78, 5) is 26.6. The standard InChI is InChI=1S/C19H20N2O4S.C11H12N2O5S.BCl3/c1-3-19(4-2)16(24-12-13-8-6-5-7-9-13)15(23)17(25-19)21-11-10-14(22)20-18(21)26;1-2-11(5-14)8(17)7(16)9(18-11)13-4-3-6(15)12-10(13)19;2-1(3)4/h1,5-11,15-17,23H,4,12H2,2H3,(H,20,22,26);1,3-4,7-9,14,16-17H,5H2,(H,12,15,19);/t15?,16-,17-,19-;7?,8-,9-,11-;/m11./s1. The van der Waals surface area contributed by atoms with Gasteiger partial charge in [-0.2, -0.15) is 34.4 Å². The minimum atomic E-state index is -1.70. The van der Waals surface area contributed by atoms with Crippen LogP contribution < -0.4 is 11.1 Å². The molecule has 3 aromatic rings. The summed E-state index contributed by atoms with van der Waals surface area (Å²) in [7, 11) is 0. The van der Waals surface area contributed by atoms with Crippen LogP contribution in [-0.4, -0.2) is 86.7 Å². The van der Waals surface area contributed by atoms with Crippen molar-refractivity contribution in [1.82, 2.24) is 19.1 Å². The molecule has 2 fully saturated rings. The SMILES string of the molecule is C#C[C@]1(CC)O[C@@H](n2ccc(=O)[nH]c2=S)C(O)[C@H]1OCc1ccccc1.C#C[C@]1(CO)O[C@@H](n2ccc(=O)[nH]c2=S)C(O)[C@H]1O.ClB(Cl)Cl. The second kappa shape index (κ2) is 17.9. The highest BCUT2D eigenvalue weighted by molar-refractivity contribution is 7.71. The Kier molecular flexibility index (Phi) is 14.9. The van der Waals surface area contributed by atoms with Crippen molar-refractivity contribution in [3.8, 4) is 24.7 Å². The molecule has 6 N–H and O–H groups in total. The van der Waals surface area contributed by atoms with Crippen LogP contribution in [0.4, 0.5) is 0 Å². The highest BCUT2D eigenvalue weighted by Gasteiger charge is 2.55. The molecule has 2 saturated heterocycles. The molecule has 2 aromatic heterocycles. The van der Waals surface area contributed by atoms with Crippen LogP contribution in [-0.2, 0) is 20.8 Å². The number of nitrogens with one attached hydrogen (secondary N) is 2. The van der Waals surface area contributed by atoms with Crippen LogP contribution in [0.5, 0.6) is 0 Å². The monoisotopic (exact) mass is 772 g/mol. The van der Waals surface area contributed by atoms with Crippen LogP contribution in [0.2, 0.25) is 0 Å². The van der Waals surface area contributed by atoms with Crippen LogP contribution in [0.25, 0.3) is 0 Å². The molecule has 49 heavy (non-hydrogen) atoms. The van der Waals surface area contributed by atoms with E-state index in [4.69, 9.17) is 85.9 Å². The van der Waals surface area contributed by atoms with Gasteiger partial charge in [0.15, 0.2) is 33.2 Å². The van der Waals surface area contributed by atoms with Crippen molar-refractivity contribution >= 4 is 63.8 Å². The van der Waals surface area contributed by atoms with E-state index in [-0.39, 0.29) is 15.1 Å². The molecule has 0 spiro atoms. The molecule has 0 amide bonds. The van der Waals surface area contributed by atoms with E-state index in [1.54, 1.807) is 0 Å². The number of hydrogen-bond donors (Lipinski definition) is 6. The average molecular weight is 774 g/mol. The largest absolute Gasteiger partial charge is 0.450 e. The molecule has 2 aliphatic rings. The Bertz CT molecular complexity index is 1880. The summed E-state index contributed by atoms with van der Waals surface area (Å²) in [6, 6.07) is 12.1. The van der Waals surface area contributed by atoms with E-state index >= 15 is 0 Å². The van der Waals surface area contributed by atoms with Gasteiger partial charge in [-0.1, -0.05) is 49.1 Å². The van der Waals surface area contributed by atoms with Gasteiger partial charge in [0.05, 0.1) is 13.2 Å². The highest BCUT2D eigenvalue weighted by Crippen LogP contribution is 2.41. The zero-order chi connectivity index (χ0) is 36.5. The first-order valence-electron chi connectivity index (χ1n) is 14.4. The summed E-state index contributed by atoms with van der Waals surface area (Å²) in [6.45, 7) is 1.51. The first kappa shape index (κ1) is 40.6. The number of benzene rings is 1. The van der Waals surface area contributed by atoms with E-state index in [2.05, 4.69) is 21.8 Å². The fourth-order valence-electron chi connectivity index (χ4n) is 5.05. The van der Waals surface area contributed by atoms with Crippen molar-refractivity contribution in [3.05, 3.63) is 90.7 Å². The third kappa shape index (κ3) is 9.50. The van der Waals surface area contributed by atoms with Gasteiger partial charge < -0.3 is 34.6 Å². The number of aliphatic hydroxyl groups is 4. The Morgan fingerprint density at radius 3 is 1.78 bits per heavy atom. The molecular formula is C30H32BCl3N4O9S2.